The summed E-state index contributed by atoms with van der Waals surface area (Å²) >= 11 is 0. The third-order valence-electron chi connectivity index (χ3n) is 5.35. The molecule has 0 aliphatic carbocycles. The lowest BCUT2D eigenvalue weighted by atomic mass is 10.1. The van der Waals surface area contributed by atoms with Crippen LogP contribution in [0.3, 0.4) is 0 Å². The summed E-state index contributed by atoms with van der Waals surface area (Å²) < 4.78 is 10.7. The summed E-state index contributed by atoms with van der Waals surface area (Å²) in [6, 6.07) is 12.9. The van der Waals surface area contributed by atoms with Crippen LogP contribution in [-0.4, -0.2) is 56.1 Å². The Balaban J connectivity index is 0.00000289. The van der Waals surface area contributed by atoms with Crippen molar-refractivity contribution in [3.05, 3.63) is 59.2 Å². The van der Waals surface area contributed by atoms with Crippen LogP contribution in [0.1, 0.15) is 39.1 Å². The maximum absolute atomic E-state index is 12.4. The molecule has 0 spiro atoms. The van der Waals surface area contributed by atoms with Gasteiger partial charge < -0.3 is 20.1 Å². The molecule has 2 aromatic rings. The zero-order valence-corrected chi connectivity index (χ0v) is 20.3. The van der Waals surface area contributed by atoms with E-state index in [0.717, 1.165) is 48.8 Å². The van der Waals surface area contributed by atoms with Crippen LogP contribution in [0.25, 0.3) is 0 Å². The predicted molar refractivity (Wildman–Crippen MR) is 132 cm³/mol. The van der Waals surface area contributed by atoms with Crippen molar-refractivity contribution in [2.75, 3.05) is 33.5 Å². The van der Waals surface area contributed by atoms with Crippen molar-refractivity contribution in [1.82, 2.24) is 15.5 Å². The van der Waals surface area contributed by atoms with Crippen LogP contribution < -0.4 is 20.1 Å². The minimum absolute atomic E-state index is 0. The molecule has 0 fully saturated rings. The summed E-state index contributed by atoms with van der Waals surface area (Å²) in [6.45, 7) is 2.13. The van der Waals surface area contributed by atoms with E-state index in [9.17, 15) is 9.59 Å². The van der Waals surface area contributed by atoms with Crippen LogP contribution in [0.4, 0.5) is 0 Å². The van der Waals surface area contributed by atoms with Crippen molar-refractivity contribution in [3.63, 3.8) is 0 Å². The molecule has 8 nitrogen and oxygen atoms in total. The topological polar surface area (TPSA) is 92.3 Å². The normalized spacial score (nSPS) is 14.3. The van der Waals surface area contributed by atoms with Crippen LogP contribution in [0.5, 0.6) is 11.5 Å². The minimum Gasteiger partial charge on any atom is -0.454 e. The van der Waals surface area contributed by atoms with Crippen molar-refractivity contribution in [1.29, 1.82) is 0 Å². The van der Waals surface area contributed by atoms with E-state index in [4.69, 9.17) is 9.47 Å². The Labute approximate surface area is 204 Å². The number of unbranched alkanes of at least 4 members (excludes halogenated alkanes) is 1. The molecule has 32 heavy (non-hydrogen) atoms. The molecule has 0 radical (unpaired) electrons. The SMILES string of the molecule is CN=C(NCCCCN1C(=O)c2ccccc2C1=O)NCCc1ccc2c(c1)OCO2.I. The number of carbonyl (C=O) groups excluding carboxylic acids is 2. The molecule has 2 aliphatic rings. The zero-order valence-electron chi connectivity index (χ0n) is 17.9. The van der Waals surface area contributed by atoms with Gasteiger partial charge in [-0.2, -0.15) is 0 Å². The van der Waals surface area contributed by atoms with Crippen LogP contribution >= 0.6 is 24.0 Å². The van der Waals surface area contributed by atoms with Crippen LogP contribution in [0.2, 0.25) is 0 Å². The van der Waals surface area contributed by atoms with Crippen LogP contribution in [-0.2, 0) is 6.42 Å². The summed E-state index contributed by atoms with van der Waals surface area (Å²) in [5.41, 5.74) is 2.16. The van der Waals surface area contributed by atoms with E-state index in [1.54, 1.807) is 31.3 Å². The first-order chi connectivity index (χ1) is 15.2. The molecule has 2 N–H and O–H groups in total. The highest BCUT2D eigenvalue weighted by molar-refractivity contribution is 14.0. The standard InChI is InChI=1S/C23H26N4O4.HI/c1-24-23(26-12-10-16-8-9-19-20(14-16)31-15-30-19)25-11-4-5-13-27-21(28)17-6-2-3-7-18(17)22(27)29;/h2-3,6-9,14H,4-5,10-13,15H2,1H3,(H2,24,25,26);1H. The molecule has 0 saturated carbocycles. The molecule has 170 valence electrons. The number of carbonyl (C=O) groups is 2. The highest BCUT2D eigenvalue weighted by Crippen LogP contribution is 2.32. The number of guanidine groups is 1. The van der Waals surface area contributed by atoms with Crippen molar-refractivity contribution in [2.45, 2.75) is 19.3 Å². The second-order valence-corrected chi connectivity index (χ2v) is 7.38. The monoisotopic (exact) mass is 550 g/mol. The summed E-state index contributed by atoms with van der Waals surface area (Å²) in [7, 11) is 1.73. The van der Waals surface area contributed by atoms with Crippen molar-refractivity contribution in [2.24, 2.45) is 4.99 Å². The van der Waals surface area contributed by atoms with Gasteiger partial charge in [-0.3, -0.25) is 19.5 Å². The summed E-state index contributed by atoms with van der Waals surface area (Å²) in [5, 5.41) is 6.56. The van der Waals surface area contributed by atoms with Gasteiger partial charge in [-0.25, -0.2) is 0 Å². The first-order valence-electron chi connectivity index (χ1n) is 10.5. The lowest BCUT2D eigenvalue weighted by molar-refractivity contribution is 0.0652. The van der Waals surface area contributed by atoms with E-state index in [1.807, 2.05) is 18.2 Å². The summed E-state index contributed by atoms with van der Waals surface area (Å²) in [4.78, 5) is 30.3. The number of aliphatic imine (C=N–C) groups is 1. The molecule has 0 saturated heterocycles. The Morgan fingerprint density at radius 2 is 1.66 bits per heavy atom. The van der Waals surface area contributed by atoms with Gasteiger partial charge in [-0.15, -0.1) is 24.0 Å². The van der Waals surface area contributed by atoms with Gasteiger partial charge in [0, 0.05) is 26.7 Å². The lowest BCUT2D eigenvalue weighted by Gasteiger charge is -2.15. The Kier molecular flexibility index (Phi) is 8.32. The van der Waals surface area contributed by atoms with E-state index in [2.05, 4.69) is 15.6 Å². The first-order valence-corrected chi connectivity index (χ1v) is 10.5. The van der Waals surface area contributed by atoms with Crippen molar-refractivity contribution < 1.29 is 19.1 Å². The summed E-state index contributed by atoms with van der Waals surface area (Å²) in [6.07, 6.45) is 2.38. The summed E-state index contributed by atoms with van der Waals surface area (Å²) in [5.74, 6) is 1.90. The molecule has 2 amide bonds. The van der Waals surface area contributed by atoms with E-state index in [0.29, 0.717) is 24.2 Å². The number of rotatable bonds is 8. The smallest absolute Gasteiger partial charge is 0.261 e. The third-order valence-corrected chi connectivity index (χ3v) is 5.35. The molecular weight excluding hydrogens is 523 g/mol. The maximum atomic E-state index is 12.4. The molecule has 0 unspecified atom stereocenters. The largest absolute Gasteiger partial charge is 0.454 e. The highest BCUT2D eigenvalue weighted by atomic mass is 127. The molecule has 0 atom stereocenters. The van der Waals surface area contributed by atoms with E-state index in [-0.39, 0.29) is 42.6 Å². The molecule has 2 aromatic carbocycles. The average molecular weight is 550 g/mol. The number of hydrogen-bond donors (Lipinski definition) is 2. The Morgan fingerprint density at radius 3 is 2.38 bits per heavy atom. The number of benzene rings is 2. The second-order valence-electron chi connectivity index (χ2n) is 7.38. The van der Waals surface area contributed by atoms with Gasteiger partial charge in [-0.1, -0.05) is 18.2 Å². The fourth-order valence-electron chi connectivity index (χ4n) is 3.69. The third kappa shape index (κ3) is 5.32. The zero-order chi connectivity index (χ0) is 21.6. The van der Waals surface area contributed by atoms with Gasteiger partial charge in [0.25, 0.3) is 11.8 Å². The number of hydrogen-bond acceptors (Lipinski definition) is 5. The number of imide groups is 1. The molecular formula is C23H27IN4O4. The fourth-order valence-corrected chi connectivity index (χ4v) is 3.69. The van der Waals surface area contributed by atoms with E-state index in [1.165, 1.54) is 4.90 Å². The maximum Gasteiger partial charge on any atom is 0.261 e. The fraction of sp³-hybridized carbons (Fsp3) is 0.348. The van der Waals surface area contributed by atoms with E-state index < -0.39 is 0 Å². The molecule has 0 bridgehead atoms. The van der Waals surface area contributed by atoms with Crippen molar-refractivity contribution >= 4 is 41.8 Å². The van der Waals surface area contributed by atoms with E-state index >= 15 is 0 Å². The van der Waals surface area contributed by atoms with Gasteiger partial charge in [0.05, 0.1) is 11.1 Å². The number of nitrogens with one attached hydrogen (secondary N) is 2. The van der Waals surface area contributed by atoms with Gasteiger partial charge in [-0.05, 0) is 49.1 Å². The second kappa shape index (κ2) is 11.2. The number of amides is 2. The molecule has 2 aliphatic heterocycles. The van der Waals surface area contributed by atoms with Gasteiger partial charge in [0.15, 0.2) is 17.5 Å². The average Bonchev–Trinajstić information content (AvgIpc) is 3.35. The highest BCUT2D eigenvalue weighted by Gasteiger charge is 2.34. The minimum atomic E-state index is -0.199. The predicted octanol–water partition coefficient (Wildman–Crippen LogP) is 2.82. The molecule has 0 aromatic heterocycles. The lowest BCUT2D eigenvalue weighted by Crippen LogP contribution is -2.39. The molecule has 4 rings (SSSR count). The molecule has 9 heteroatoms. The number of ether oxygens (including phenoxy) is 2. The van der Waals surface area contributed by atoms with Gasteiger partial charge in [0.1, 0.15) is 0 Å². The van der Waals surface area contributed by atoms with Gasteiger partial charge in [0.2, 0.25) is 6.79 Å². The quantitative estimate of drug-likeness (QED) is 0.173. The Hall–Kier alpha value is -2.82. The Morgan fingerprint density at radius 1 is 0.969 bits per heavy atom. The first kappa shape index (κ1) is 23.8. The Bertz CT molecular complexity index is 976. The van der Waals surface area contributed by atoms with Crippen molar-refractivity contribution in [3.8, 4) is 11.5 Å². The number of fused-ring (bicyclic) bond motifs is 2. The molecule has 2 heterocycles. The number of nitrogens with zero attached hydrogens (tertiary/aromatic N) is 2. The van der Waals surface area contributed by atoms with Crippen LogP contribution in [0.15, 0.2) is 47.5 Å². The van der Waals surface area contributed by atoms with Gasteiger partial charge >= 0.3 is 0 Å². The van der Waals surface area contributed by atoms with Crippen LogP contribution in [0, 0.1) is 0 Å². The number of halogens is 1.